The van der Waals surface area contributed by atoms with Crippen LogP contribution in [0.2, 0.25) is 0 Å². The van der Waals surface area contributed by atoms with E-state index in [0.717, 1.165) is 0 Å². The van der Waals surface area contributed by atoms with Crippen LogP contribution in [0.1, 0.15) is 10.5 Å². The van der Waals surface area contributed by atoms with E-state index in [2.05, 4.69) is 15.6 Å². The standard InChI is InChI=1S/C10H12N4O4/c11-10(18)6-2-1-3-7(14-6)12-4-8(15)13-5-9(16)17/h1-3H,4-5H2,(H2,11,18)(H,12,14)(H,13,15)(H,16,17). The number of aliphatic carboxylic acids is 1. The average molecular weight is 252 g/mol. The van der Waals surface area contributed by atoms with E-state index in [0.29, 0.717) is 5.82 Å². The van der Waals surface area contributed by atoms with Crippen molar-refractivity contribution in [2.75, 3.05) is 18.4 Å². The first kappa shape index (κ1) is 13.4. The van der Waals surface area contributed by atoms with Gasteiger partial charge in [0.05, 0.1) is 6.54 Å². The lowest BCUT2D eigenvalue weighted by Crippen LogP contribution is -2.34. The number of anilines is 1. The summed E-state index contributed by atoms with van der Waals surface area (Å²) in [7, 11) is 0. The number of nitrogens with zero attached hydrogens (tertiary/aromatic N) is 1. The lowest BCUT2D eigenvalue weighted by Gasteiger charge is -2.06. The molecule has 1 heterocycles. The molecule has 0 unspecified atom stereocenters. The molecular formula is C10H12N4O4. The molecular weight excluding hydrogens is 240 g/mol. The van der Waals surface area contributed by atoms with Crippen molar-refractivity contribution in [1.82, 2.24) is 10.3 Å². The lowest BCUT2D eigenvalue weighted by atomic mass is 10.3. The van der Waals surface area contributed by atoms with Crippen LogP contribution in [-0.4, -0.2) is 41.0 Å². The van der Waals surface area contributed by atoms with Gasteiger partial charge in [0.15, 0.2) is 0 Å². The van der Waals surface area contributed by atoms with E-state index < -0.39 is 24.3 Å². The zero-order chi connectivity index (χ0) is 13.5. The highest BCUT2D eigenvalue weighted by Gasteiger charge is 2.06. The molecule has 2 amide bonds. The number of carboxylic acid groups (broad SMARTS) is 1. The number of carbonyl (C=O) groups is 3. The minimum absolute atomic E-state index is 0.0749. The molecule has 96 valence electrons. The second kappa shape index (κ2) is 6.18. The molecule has 0 aliphatic carbocycles. The predicted molar refractivity (Wildman–Crippen MR) is 61.9 cm³/mol. The Balaban J connectivity index is 2.48. The Morgan fingerprint density at radius 2 is 2.00 bits per heavy atom. The van der Waals surface area contributed by atoms with Gasteiger partial charge in [-0.05, 0) is 12.1 Å². The van der Waals surface area contributed by atoms with E-state index in [-0.39, 0.29) is 12.2 Å². The van der Waals surface area contributed by atoms with Crippen LogP contribution in [0.25, 0.3) is 0 Å². The molecule has 0 aliphatic heterocycles. The summed E-state index contributed by atoms with van der Waals surface area (Å²) in [4.78, 5) is 36.1. The van der Waals surface area contributed by atoms with Crippen molar-refractivity contribution in [2.24, 2.45) is 5.73 Å². The third-order valence-corrected chi connectivity index (χ3v) is 1.87. The van der Waals surface area contributed by atoms with E-state index in [9.17, 15) is 14.4 Å². The lowest BCUT2D eigenvalue weighted by molar-refractivity contribution is -0.137. The maximum atomic E-state index is 11.2. The number of nitrogens with one attached hydrogen (secondary N) is 2. The van der Waals surface area contributed by atoms with Gasteiger partial charge in [0, 0.05) is 0 Å². The van der Waals surface area contributed by atoms with Crippen LogP contribution in [0.4, 0.5) is 5.82 Å². The van der Waals surface area contributed by atoms with Gasteiger partial charge in [-0.15, -0.1) is 0 Å². The molecule has 8 heteroatoms. The van der Waals surface area contributed by atoms with Crippen LogP contribution in [0.15, 0.2) is 18.2 Å². The Kier molecular flexibility index (Phi) is 4.61. The number of amides is 2. The average Bonchev–Trinajstić information content (AvgIpc) is 2.34. The smallest absolute Gasteiger partial charge is 0.322 e. The van der Waals surface area contributed by atoms with Gasteiger partial charge in [0.1, 0.15) is 18.1 Å². The quantitative estimate of drug-likeness (QED) is 0.502. The van der Waals surface area contributed by atoms with Gasteiger partial charge < -0.3 is 21.5 Å². The van der Waals surface area contributed by atoms with Gasteiger partial charge in [-0.25, -0.2) is 4.98 Å². The molecule has 0 saturated carbocycles. The minimum Gasteiger partial charge on any atom is -0.480 e. The maximum Gasteiger partial charge on any atom is 0.322 e. The molecule has 0 fully saturated rings. The monoisotopic (exact) mass is 252 g/mol. The van der Waals surface area contributed by atoms with E-state index in [4.69, 9.17) is 10.8 Å². The normalized spacial score (nSPS) is 9.56. The second-order valence-corrected chi connectivity index (χ2v) is 3.30. The van der Waals surface area contributed by atoms with Crippen molar-refractivity contribution >= 4 is 23.6 Å². The second-order valence-electron chi connectivity index (χ2n) is 3.30. The van der Waals surface area contributed by atoms with Crippen molar-refractivity contribution in [1.29, 1.82) is 0 Å². The summed E-state index contributed by atoms with van der Waals surface area (Å²) in [5.74, 6) is -1.99. The van der Waals surface area contributed by atoms with Crippen LogP contribution in [0.5, 0.6) is 0 Å². The van der Waals surface area contributed by atoms with Crippen molar-refractivity contribution in [3.8, 4) is 0 Å². The summed E-state index contributed by atoms with van der Waals surface area (Å²) >= 11 is 0. The summed E-state index contributed by atoms with van der Waals surface area (Å²) < 4.78 is 0. The number of rotatable bonds is 6. The number of hydrogen-bond donors (Lipinski definition) is 4. The largest absolute Gasteiger partial charge is 0.480 e. The molecule has 1 aromatic rings. The third-order valence-electron chi connectivity index (χ3n) is 1.87. The van der Waals surface area contributed by atoms with Crippen molar-refractivity contribution in [3.63, 3.8) is 0 Å². The Morgan fingerprint density at radius 3 is 2.61 bits per heavy atom. The number of pyridine rings is 1. The molecule has 0 bridgehead atoms. The van der Waals surface area contributed by atoms with Gasteiger partial charge in [0.25, 0.3) is 5.91 Å². The van der Waals surface area contributed by atoms with Gasteiger partial charge >= 0.3 is 5.97 Å². The molecule has 0 radical (unpaired) electrons. The zero-order valence-corrected chi connectivity index (χ0v) is 9.34. The molecule has 1 aromatic heterocycles. The fraction of sp³-hybridized carbons (Fsp3) is 0.200. The number of hydrogen-bond acceptors (Lipinski definition) is 5. The highest BCUT2D eigenvalue weighted by Crippen LogP contribution is 2.03. The van der Waals surface area contributed by atoms with E-state index in [1.165, 1.54) is 6.07 Å². The molecule has 0 aromatic carbocycles. The van der Waals surface area contributed by atoms with Crippen LogP contribution in [-0.2, 0) is 9.59 Å². The highest BCUT2D eigenvalue weighted by atomic mass is 16.4. The topological polar surface area (TPSA) is 134 Å². The van der Waals surface area contributed by atoms with Crippen LogP contribution < -0.4 is 16.4 Å². The predicted octanol–water partition coefficient (Wildman–Crippen LogP) is -1.21. The van der Waals surface area contributed by atoms with Gasteiger partial charge in [-0.1, -0.05) is 6.07 Å². The third kappa shape index (κ3) is 4.47. The Hall–Kier alpha value is -2.64. The van der Waals surface area contributed by atoms with Gasteiger partial charge in [0.2, 0.25) is 5.91 Å². The van der Waals surface area contributed by atoms with Gasteiger partial charge in [-0.3, -0.25) is 14.4 Å². The molecule has 0 spiro atoms. The van der Waals surface area contributed by atoms with Crippen LogP contribution >= 0.6 is 0 Å². The molecule has 0 atom stereocenters. The number of carbonyl (C=O) groups excluding carboxylic acids is 2. The summed E-state index contributed by atoms with van der Waals surface area (Å²) in [6, 6.07) is 4.56. The fourth-order valence-electron chi connectivity index (χ4n) is 1.08. The van der Waals surface area contributed by atoms with E-state index >= 15 is 0 Å². The minimum atomic E-state index is -1.13. The number of aromatic nitrogens is 1. The Labute approximate surface area is 102 Å². The molecule has 0 aliphatic rings. The first-order chi connectivity index (χ1) is 8.49. The Morgan fingerprint density at radius 1 is 1.28 bits per heavy atom. The van der Waals surface area contributed by atoms with Crippen LogP contribution in [0.3, 0.4) is 0 Å². The molecule has 1 rings (SSSR count). The fourth-order valence-corrected chi connectivity index (χ4v) is 1.08. The molecule has 5 N–H and O–H groups in total. The van der Waals surface area contributed by atoms with Gasteiger partial charge in [-0.2, -0.15) is 0 Å². The molecule has 0 saturated heterocycles. The summed E-state index contributed by atoms with van der Waals surface area (Å²) in [6.45, 7) is -0.599. The maximum absolute atomic E-state index is 11.2. The summed E-state index contributed by atoms with van der Waals surface area (Å²) in [6.07, 6.45) is 0. The Bertz CT molecular complexity index is 475. The first-order valence-corrected chi connectivity index (χ1v) is 4.98. The summed E-state index contributed by atoms with van der Waals surface area (Å²) in [5.41, 5.74) is 5.12. The number of nitrogens with two attached hydrogens (primary N) is 1. The first-order valence-electron chi connectivity index (χ1n) is 4.98. The SMILES string of the molecule is NC(=O)c1cccc(NCC(=O)NCC(=O)O)n1. The van der Waals surface area contributed by atoms with Crippen molar-refractivity contribution < 1.29 is 19.5 Å². The van der Waals surface area contributed by atoms with Crippen molar-refractivity contribution in [2.45, 2.75) is 0 Å². The van der Waals surface area contributed by atoms with E-state index in [1.54, 1.807) is 12.1 Å². The highest BCUT2D eigenvalue weighted by molar-refractivity contribution is 5.91. The van der Waals surface area contributed by atoms with Crippen molar-refractivity contribution in [3.05, 3.63) is 23.9 Å². The zero-order valence-electron chi connectivity index (χ0n) is 9.34. The number of carboxylic acids is 1. The molecule has 8 nitrogen and oxygen atoms in total. The molecule has 18 heavy (non-hydrogen) atoms. The van der Waals surface area contributed by atoms with Crippen LogP contribution in [0, 0.1) is 0 Å². The number of primary amides is 1. The van der Waals surface area contributed by atoms with E-state index in [1.807, 2.05) is 0 Å². The summed E-state index contributed by atoms with van der Waals surface area (Å²) in [5, 5.41) is 13.2.